The lowest BCUT2D eigenvalue weighted by atomic mass is 9.72. The molecule has 0 spiro atoms. The highest BCUT2D eigenvalue weighted by atomic mass is 19.4. The van der Waals surface area contributed by atoms with Crippen LogP contribution in [0.4, 0.5) is 13.2 Å². The molecule has 1 aromatic rings. The van der Waals surface area contributed by atoms with E-state index in [1.807, 2.05) is 0 Å². The number of ether oxygens (including phenoxy) is 1. The van der Waals surface area contributed by atoms with E-state index in [1.54, 1.807) is 12.1 Å². The largest absolute Gasteiger partial charge is 0.573 e. The Bertz CT molecular complexity index is 724. The van der Waals surface area contributed by atoms with Gasteiger partial charge in [-0.2, -0.15) is 0 Å². The van der Waals surface area contributed by atoms with Gasteiger partial charge < -0.3 is 4.74 Å². The first-order chi connectivity index (χ1) is 15.4. The average molecular weight is 449 g/mol. The normalized spacial score (nSPS) is 23.8. The van der Waals surface area contributed by atoms with E-state index in [0.717, 1.165) is 29.4 Å². The van der Waals surface area contributed by atoms with Crippen LogP contribution in [0.1, 0.15) is 96.0 Å². The molecule has 0 saturated heterocycles. The minimum atomic E-state index is -4.65. The van der Waals surface area contributed by atoms with Crippen molar-refractivity contribution in [3.63, 3.8) is 0 Å². The van der Waals surface area contributed by atoms with Crippen LogP contribution in [0.15, 0.2) is 42.5 Å². The smallest absolute Gasteiger partial charge is 0.406 e. The lowest BCUT2D eigenvalue weighted by Crippen LogP contribution is -2.21. The van der Waals surface area contributed by atoms with E-state index in [1.165, 1.54) is 89.2 Å². The summed E-state index contributed by atoms with van der Waals surface area (Å²) in [5.74, 6) is 2.13. The van der Waals surface area contributed by atoms with Gasteiger partial charge in [0.1, 0.15) is 5.75 Å². The van der Waals surface area contributed by atoms with Crippen molar-refractivity contribution in [1.82, 2.24) is 0 Å². The molecule has 3 rings (SSSR count). The second-order valence-electron chi connectivity index (χ2n) is 9.68. The molecule has 1 saturated carbocycles. The number of unbranched alkanes of at least 4 members (excludes halogenated alkanes) is 6. The Morgan fingerprint density at radius 3 is 2.12 bits per heavy atom. The highest BCUT2D eigenvalue weighted by molar-refractivity contribution is 5.75. The zero-order chi connectivity index (χ0) is 22.8. The van der Waals surface area contributed by atoms with Crippen molar-refractivity contribution in [3.05, 3.63) is 48.1 Å². The number of halogens is 3. The van der Waals surface area contributed by atoms with Gasteiger partial charge in [0.15, 0.2) is 0 Å². The van der Waals surface area contributed by atoms with Gasteiger partial charge in [0.05, 0.1) is 0 Å². The van der Waals surface area contributed by atoms with Crippen LogP contribution in [0.2, 0.25) is 0 Å². The topological polar surface area (TPSA) is 9.23 Å². The molecule has 2 aliphatic carbocycles. The molecule has 1 unspecified atom stereocenters. The predicted molar refractivity (Wildman–Crippen MR) is 126 cm³/mol. The maximum Gasteiger partial charge on any atom is 0.573 e. The lowest BCUT2D eigenvalue weighted by molar-refractivity contribution is -0.274. The van der Waals surface area contributed by atoms with Gasteiger partial charge in [0, 0.05) is 0 Å². The number of rotatable bonds is 11. The maximum absolute atomic E-state index is 12.3. The minimum absolute atomic E-state index is 0.173. The fourth-order valence-electron chi connectivity index (χ4n) is 5.34. The molecule has 0 amide bonds. The van der Waals surface area contributed by atoms with Crippen LogP contribution in [-0.4, -0.2) is 6.36 Å². The third-order valence-electron chi connectivity index (χ3n) is 7.27. The molecule has 0 bridgehead atoms. The Hall–Kier alpha value is -1.71. The predicted octanol–water partition coefficient (Wildman–Crippen LogP) is 9.49. The van der Waals surface area contributed by atoms with E-state index in [9.17, 15) is 13.2 Å². The van der Waals surface area contributed by atoms with Gasteiger partial charge in [-0.05, 0) is 60.3 Å². The molecule has 2 aliphatic rings. The van der Waals surface area contributed by atoms with Crippen LogP contribution < -0.4 is 4.74 Å². The van der Waals surface area contributed by atoms with Gasteiger partial charge in [-0.1, -0.05) is 101 Å². The van der Waals surface area contributed by atoms with Crippen molar-refractivity contribution in [2.75, 3.05) is 0 Å². The highest BCUT2D eigenvalue weighted by Crippen LogP contribution is 2.40. The summed E-state index contributed by atoms with van der Waals surface area (Å²) in [6.07, 6.45) is 19.7. The number of alkyl halides is 3. The Morgan fingerprint density at radius 2 is 1.53 bits per heavy atom. The maximum atomic E-state index is 12.3. The Labute approximate surface area is 192 Å². The van der Waals surface area contributed by atoms with E-state index in [-0.39, 0.29) is 5.75 Å². The third-order valence-corrected chi connectivity index (χ3v) is 7.27. The number of benzene rings is 1. The van der Waals surface area contributed by atoms with Crippen LogP contribution in [0.25, 0.3) is 5.57 Å². The molecular formula is C28H39F3O. The van der Waals surface area contributed by atoms with Gasteiger partial charge in [0.25, 0.3) is 0 Å². The summed E-state index contributed by atoms with van der Waals surface area (Å²) < 4.78 is 40.9. The van der Waals surface area contributed by atoms with Crippen LogP contribution in [0.3, 0.4) is 0 Å². The molecule has 1 aromatic carbocycles. The second kappa shape index (κ2) is 12.5. The van der Waals surface area contributed by atoms with Crippen LogP contribution >= 0.6 is 0 Å². The molecule has 178 valence electrons. The van der Waals surface area contributed by atoms with Crippen LogP contribution in [0, 0.1) is 17.8 Å². The quantitative estimate of drug-likeness (QED) is 0.306. The standard InChI is InChI=1S/C28H39F3O/c1-2-3-4-5-6-7-8-9-22-10-12-23(13-11-22)24-14-16-25(17-15-24)26-18-20-27(21-19-26)32-28(29,30)31/h14,16-24H,2-13,15H2,1H3. The van der Waals surface area contributed by atoms with Crippen molar-refractivity contribution in [2.24, 2.45) is 17.8 Å². The summed E-state index contributed by atoms with van der Waals surface area (Å²) in [4.78, 5) is 0. The van der Waals surface area contributed by atoms with Crippen molar-refractivity contribution in [2.45, 2.75) is 96.8 Å². The molecule has 0 aliphatic heterocycles. The zero-order valence-electron chi connectivity index (χ0n) is 19.5. The van der Waals surface area contributed by atoms with Crippen LogP contribution in [0.5, 0.6) is 5.75 Å². The first-order valence-electron chi connectivity index (χ1n) is 12.7. The Balaban J connectivity index is 1.36. The fraction of sp³-hybridized carbons (Fsp3) is 0.643. The molecule has 0 radical (unpaired) electrons. The molecular weight excluding hydrogens is 409 g/mol. The number of allylic oxidation sites excluding steroid dienone is 4. The average Bonchev–Trinajstić information content (AvgIpc) is 2.79. The molecule has 0 heterocycles. The van der Waals surface area contributed by atoms with Crippen molar-refractivity contribution < 1.29 is 17.9 Å². The van der Waals surface area contributed by atoms with Gasteiger partial charge >= 0.3 is 6.36 Å². The van der Waals surface area contributed by atoms with Gasteiger partial charge in [0.2, 0.25) is 0 Å². The molecule has 0 N–H and O–H groups in total. The molecule has 1 atom stereocenters. The SMILES string of the molecule is CCCCCCCCCC1CCC(C2C=CC(c3ccc(OC(F)(F)F)cc3)=CC2)CC1. The lowest BCUT2D eigenvalue weighted by Gasteiger charge is -2.33. The first kappa shape index (κ1) is 24.9. The molecule has 0 aromatic heterocycles. The number of hydrogen-bond acceptors (Lipinski definition) is 1. The molecule has 1 fully saturated rings. The molecule has 1 nitrogen and oxygen atoms in total. The van der Waals surface area contributed by atoms with Crippen molar-refractivity contribution >= 4 is 5.57 Å². The van der Waals surface area contributed by atoms with E-state index >= 15 is 0 Å². The second-order valence-corrected chi connectivity index (χ2v) is 9.68. The Kier molecular flexibility index (Phi) is 9.74. The van der Waals surface area contributed by atoms with Crippen LogP contribution in [-0.2, 0) is 0 Å². The summed E-state index contributed by atoms with van der Waals surface area (Å²) in [6.45, 7) is 2.27. The minimum Gasteiger partial charge on any atom is -0.406 e. The fourth-order valence-corrected chi connectivity index (χ4v) is 5.34. The highest BCUT2D eigenvalue weighted by Gasteiger charge is 2.31. The third kappa shape index (κ3) is 8.33. The first-order valence-corrected chi connectivity index (χ1v) is 12.7. The Morgan fingerprint density at radius 1 is 0.875 bits per heavy atom. The van der Waals surface area contributed by atoms with Crippen molar-refractivity contribution in [3.8, 4) is 5.75 Å². The van der Waals surface area contributed by atoms with E-state index in [0.29, 0.717) is 5.92 Å². The number of hydrogen-bond donors (Lipinski definition) is 0. The van der Waals surface area contributed by atoms with Gasteiger partial charge in [-0.25, -0.2) is 0 Å². The van der Waals surface area contributed by atoms with Crippen molar-refractivity contribution in [1.29, 1.82) is 0 Å². The summed E-state index contributed by atoms with van der Waals surface area (Å²) >= 11 is 0. The summed E-state index contributed by atoms with van der Waals surface area (Å²) in [7, 11) is 0. The molecule has 32 heavy (non-hydrogen) atoms. The monoisotopic (exact) mass is 448 g/mol. The summed E-state index contributed by atoms with van der Waals surface area (Å²) in [6, 6.07) is 6.17. The van der Waals surface area contributed by atoms with E-state index in [4.69, 9.17) is 0 Å². The van der Waals surface area contributed by atoms with E-state index < -0.39 is 6.36 Å². The summed E-state index contributed by atoms with van der Waals surface area (Å²) in [5.41, 5.74) is 2.03. The van der Waals surface area contributed by atoms with E-state index in [2.05, 4.69) is 29.9 Å². The van der Waals surface area contributed by atoms with Gasteiger partial charge in [-0.3, -0.25) is 0 Å². The summed E-state index contributed by atoms with van der Waals surface area (Å²) in [5, 5.41) is 0. The van der Waals surface area contributed by atoms with Gasteiger partial charge in [-0.15, -0.1) is 13.2 Å². The molecule has 4 heteroatoms. The zero-order valence-corrected chi connectivity index (χ0v) is 19.5.